The van der Waals surface area contributed by atoms with Crippen LogP contribution in [0.2, 0.25) is 0 Å². The second-order valence-corrected chi connectivity index (χ2v) is 4.81. The maximum atomic E-state index is 5.80. The summed E-state index contributed by atoms with van der Waals surface area (Å²) in [6, 6.07) is 0. The van der Waals surface area contributed by atoms with E-state index in [9.17, 15) is 0 Å². The predicted molar refractivity (Wildman–Crippen MR) is 70.9 cm³/mol. The van der Waals surface area contributed by atoms with Gasteiger partial charge in [-0.25, -0.2) is 9.97 Å². The van der Waals surface area contributed by atoms with Gasteiger partial charge in [0.1, 0.15) is 6.10 Å². The highest BCUT2D eigenvalue weighted by Gasteiger charge is 2.24. The minimum absolute atomic E-state index is 0.0346. The standard InChI is InChI=1S/C13H17N5O/c1-10-5-14-13(15-6-10)18-3-4-19-12(9-18)11-7-16-17(2)8-11/h5-8,12H,3-4,9H2,1-2H3. The minimum Gasteiger partial charge on any atom is -0.370 e. The maximum Gasteiger partial charge on any atom is 0.225 e. The van der Waals surface area contributed by atoms with Crippen LogP contribution in [0.1, 0.15) is 17.2 Å². The van der Waals surface area contributed by atoms with Gasteiger partial charge in [0.05, 0.1) is 19.3 Å². The minimum atomic E-state index is 0.0346. The molecule has 2 aromatic rings. The molecule has 1 aliphatic rings. The average Bonchev–Trinajstić information content (AvgIpc) is 2.86. The predicted octanol–water partition coefficient (Wildman–Crippen LogP) is 1.10. The van der Waals surface area contributed by atoms with Gasteiger partial charge in [-0.3, -0.25) is 4.68 Å². The topological polar surface area (TPSA) is 56.1 Å². The monoisotopic (exact) mass is 259 g/mol. The summed E-state index contributed by atoms with van der Waals surface area (Å²) >= 11 is 0. The van der Waals surface area contributed by atoms with Crippen molar-refractivity contribution in [2.45, 2.75) is 13.0 Å². The number of anilines is 1. The van der Waals surface area contributed by atoms with Gasteiger partial charge in [0.15, 0.2) is 0 Å². The van der Waals surface area contributed by atoms with Gasteiger partial charge < -0.3 is 9.64 Å². The molecular weight excluding hydrogens is 242 g/mol. The van der Waals surface area contributed by atoms with Gasteiger partial charge in [0.25, 0.3) is 0 Å². The molecule has 1 aliphatic heterocycles. The van der Waals surface area contributed by atoms with Gasteiger partial charge >= 0.3 is 0 Å². The lowest BCUT2D eigenvalue weighted by Crippen LogP contribution is -2.39. The third-order valence-electron chi connectivity index (χ3n) is 3.21. The van der Waals surface area contributed by atoms with E-state index in [0.717, 1.165) is 30.2 Å². The molecule has 6 heteroatoms. The first-order valence-corrected chi connectivity index (χ1v) is 6.36. The fourth-order valence-electron chi connectivity index (χ4n) is 2.19. The molecule has 0 spiro atoms. The van der Waals surface area contributed by atoms with Crippen molar-refractivity contribution in [3.8, 4) is 0 Å². The lowest BCUT2D eigenvalue weighted by atomic mass is 10.1. The van der Waals surface area contributed by atoms with E-state index in [1.807, 2.05) is 38.8 Å². The summed E-state index contributed by atoms with van der Waals surface area (Å²) in [7, 11) is 1.91. The van der Waals surface area contributed by atoms with Gasteiger partial charge in [-0.05, 0) is 12.5 Å². The molecule has 0 amide bonds. The van der Waals surface area contributed by atoms with Crippen LogP contribution in [0.4, 0.5) is 5.95 Å². The van der Waals surface area contributed by atoms with E-state index in [1.165, 1.54) is 0 Å². The molecule has 100 valence electrons. The highest BCUT2D eigenvalue weighted by molar-refractivity contribution is 5.31. The Balaban J connectivity index is 1.76. The molecule has 2 aromatic heterocycles. The summed E-state index contributed by atoms with van der Waals surface area (Å²) in [6.45, 7) is 4.24. The first kappa shape index (κ1) is 12.1. The molecule has 0 aliphatic carbocycles. The third-order valence-corrected chi connectivity index (χ3v) is 3.21. The number of aryl methyl sites for hydroxylation is 2. The van der Waals surface area contributed by atoms with Crippen LogP contribution in [0.15, 0.2) is 24.8 Å². The van der Waals surface area contributed by atoms with Crippen LogP contribution in [-0.2, 0) is 11.8 Å². The van der Waals surface area contributed by atoms with E-state index in [1.54, 1.807) is 4.68 Å². The number of hydrogen-bond donors (Lipinski definition) is 0. The normalized spacial score (nSPS) is 19.7. The fourth-order valence-corrected chi connectivity index (χ4v) is 2.19. The molecule has 1 saturated heterocycles. The number of aromatic nitrogens is 4. The van der Waals surface area contributed by atoms with Crippen molar-refractivity contribution >= 4 is 5.95 Å². The van der Waals surface area contributed by atoms with Crippen LogP contribution < -0.4 is 4.90 Å². The molecule has 0 saturated carbocycles. The van der Waals surface area contributed by atoms with Crippen molar-refractivity contribution in [1.29, 1.82) is 0 Å². The Labute approximate surface area is 112 Å². The summed E-state index contributed by atoms with van der Waals surface area (Å²) in [5, 5.41) is 4.19. The lowest BCUT2D eigenvalue weighted by molar-refractivity contribution is 0.0392. The molecule has 1 fully saturated rings. The Morgan fingerprint density at radius 1 is 1.26 bits per heavy atom. The maximum absolute atomic E-state index is 5.80. The zero-order valence-electron chi connectivity index (χ0n) is 11.2. The van der Waals surface area contributed by atoms with Crippen LogP contribution in [0.25, 0.3) is 0 Å². The van der Waals surface area contributed by atoms with E-state index >= 15 is 0 Å². The number of ether oxygens (including phenoxy) is 1. The van der Waals surface area contributed by atoms with Crippen molar-refractivity contribution in [2.24, 2.45) is 7.05 Å². The van der Waals surface area contributed by atoms with Crippen LogP contribution in [-0.4, -0.2) is 39.4 Å². The molecule has 0 aromatic carbocycles. The smallest absolute Gasteiger partial charge is 0.225 e. The van der Waals surface area contributed by atoms with Crippen LogP contribution >= 0.6 is 0 Å². The van der Waals surface area contributed by atoms with E-state index in [2.05, 4.69) is 20.0 Å². The van der Waals surface area contributed by atoms with Gasteiger partial charge in [0, 0.05) is 37.7 Å². The summed E-state index contributed by atoms with van der Waals surface area (Å²) in [6.07, 6.45) is 7.56. The quantitative estimate of drug-likeness (QED) is 0.808. The van der Waals surface area contributed by atoms with Crippen molar-refractivity contribution in [3.63, 3.8) is 0 Å². The summed E-state index contributed by atoms with van der Waals surface area (Å²) in [4.78, 5) is 10.9. The zero-order valence-corrected chi connectivity index (χ0v) is 11.2. The highest BCUT2D eigenvalue weighted by atomic mass is 16.5. The molecule has 3 heterocycles. The molecule has 1 unspecified atom stereocenters. The van der Waals surface area contributed by atoms with Gasteiger partial charge in [-0.15, -0.1) is 0 Å². The van der Waals surface area contributed by atoms with Gasteiger partial charge in [0.2, 0.25) is 5.95 Å². The summed E-state index contributed by atoms with van der Waals surface area (Å²) < 4.78 is 7.59. The Morgan fingerprint density at radius 2 is 2.05 bits per heavy atom. The van der Waals surface area contributed by atoms with Gasteiger partial charge in [-0.1, -0.05) is 0 Å². The largest absolute Gasteiger partial charge is 0.370 e. The first-order chi connectivity index (χ1) is 9.22. The number of nitrogens with zero attached hydrogens (tertiary/aromatic N) is 5. The van der Waals surface area contributed by atoms with E-state index in [-0.39, 0.29) is 6.10 Å². The SMILES string of the molecule is Cc1cnc(N2CCOC(c3cnn(C)c3)C2)nc1. The van der Waals surface area contributed by atoms with Crippen molar-refractivity contribution < 1.29 is 4.74 Å². The molecular formula is C13H17N5O. The Morgan fingerprint density at radius 3 is 2.74 bits per heavy atom. The highest BCUT2D eigenvalue weighted by Crippen LogP contribution is 2.23. The molecule has 0 bridgehead atoms. The van der Waals surface area contributed by atoms with Crippen LogP contribution in [0.5, 0.6) is 0 Å². The van der Waals surface area contributed by atoms with Crippen molar-refractivity contribution in [2.75, 3.05) is 24.6 Å². The van der Waals surface area contributed by atoms with Gasteiger partial charge in [-0.2, -0.15) is 5.10 Å². The third kappa shape index (κ3) is 2.58. The van der Waals surface area contributed by atoms with Crippen LogP contribution in [0, 0.1) is 6.92 Å². The summed E-state index contributed by atoms with van der Waals surface area (Å²) in [5.41, 5.74) is 2.17. The lowest BCUT2D eigenvalue weighted by Gasteiger charge is -2.32. The molecule has 3 rings (SSSR count). The van der Waals surface area contributed by atoms with Crippen LogP contribution in [0.3, 0.4) is 0 Å². The van der Waals surface area contributed by atoms with Crippen molar-refractivity contribution in [3.05, 3.63) is 35.9 Å². The van der Waals surface area contributed by atoms with E-state index < -0.39 is 0 Å². The second kappa shape index (κ2) is 4.97. The Bertz CT molecular complexity index is 550. The summed E-state index contributed by atoms with van der Waals surface area (Å²) in [5.74, 6) is 0.766. The van der Waals surface area contributed by atoms with E-state index in [4.69, 9.17) is 4.74 Å². The Hall–Kier alpha value is -1.95. The number of morpholine rings is 1. The molecule has 6 nitrogen and oxygen atoms in total. The Kier molecular flexibility index (Phi) is 3.16. The first-order valence-electron chi connectivity index (χ1n) is 6.36. The van der Waals surface area contributed by atoms with E-state index in [0.29, 0.717) is 6.61 Å². The fraction of sp³-hybridized carbons (Fsp3) is 0.462. The zero-order chi connectivity index (χ0) is 13.2. The average molecular weight is 259 g/mol. The number of hydrogen-bond acceptors (Lipinski definition) is 5. The molecule has 0 N–H and O–H groups in total. The number of rotatable bonds is 2. The second-order valence-electron chi connectivity index (χ2n) is 4.81. The van der Waals surface area contributed by atoms with Crippen molar-refractivity contribution in [1.82, 2.24) is 19.7 Å². The molecule has 1 atom stereocenters. The molecule has 19 heavy (non-hydrogen) atoms. The molecule has 0 radical (unpaired) electrons.